The molecule has 2 aliphatic rings. The summed E-state index contributed by atoms with van der Waals surface area (Å²) in [5.74, 6) is -0.413. The monoisotopic (exact) mass is 486 g/mol. The first-order chi connectivity index (χ1) is 16.0. The Morgan fingerprint density at radius 2 is 1.91 bits per heavy atom. The molecule has 34 heavy (non-hydrogen) atoms. The lowest BCUT2D eigenvalue weighted by Gasteiger charge is -2.35. The Morgan fingerprint density at radius 1 is 1.18 bits per heavy atom. The lowest BCUT2D eigenvalue weighted by molar-refractivity contribution is -0.136. The molecule has 1 saturated heterocycles. The number of rotatable bonds is 5. The van der Waals surface area contributed by atoms with Crippen LogP contribution in [0.5, 0.6) is 0 Å². The van der Waals surface area contributed by atoms with Crippen LogP contribution in [0.2, 0.25) is 0 Å². The van der Waals surface area contributed by atoms with Gasteiger partial charge in [0.05, 0.1) is 22.6 Å². The van der Waals surface area contributed by atoms with Crippen molar-refractivity contribution in [2.24, 2.45) is 11.3 Å². The third-order valence-corrected chi connectivity index (χ3v) is 9.08. The molecule has 1 aromatic heterocycles. The highest BCUT2D eigenvalue weighted by atomic mass is 32.2. The maximum atomic E-state index is 13.4. The fourth-order valence-corrected chi connectivity index (χ4v) is 7.03. The van der Waals surface area contributed by atoms with Gasteiger partial charge in [-0.15, -0.1) is 0 Å². The van der Waals surface area contributed by atoms with Crippen LogP contribution in [-0.4, -0.2) is 60.9 Å². The summed E-state index contributed by atoms with van der Waals surface area (Å²) in [5, 5.41) is 0.738. The molecule has 1 aliphatic heterocycles. The van der Waals surface area contributed by atoms with E-state index in [2.05, 4.69) is 20.8 Å². The van der Waals surface area contributed by atoms with Gasteiger partial charge in [-0.1, -0.05) is 39.0 Å². The number of hydrogen-bond donors (Lipinski definition) is 0. The van der Waals surface area contributed by atoms with E-state index in [9.17, 15) is 18.0 Å². The minimum absolute atomic E-state index is 0.0305. The van der Waals surface area contributed by atoms with E-state index in [-0.39, 0.29) is 28.9 Å². The second-order valence-electron chi connectivity index (χ2n) is 10.5. The Kier molecular flexibility index (Phi) is 6.73. The van der Waals surface area contributed by atoms with Crippen molar-refractivity contribution in [3.8, 4) is 0 Å². The summed E-state index contributed by atoms with van der Waals surface area (Å²) in [6.07, 6.45) is 2.99. The van der Waals surface area contributed by atoms with Gasteiger partial charge in [-0.25, -0.2) is 13.2 Å². The number of likely N-dealkylation sites (N-methyl/N-ethyl adjacent to an activating group) is 1. The number of aromatic nitrogens is 1. The zero-order chi connectivity index (χ0) is 24.7. The van der Waals surface area contributed by atoms with Crippen molar-refractivity contribution < 1.29 is 22.7 Å². The highest BCUT2D eigenvalue weighted by Gasteiger charge is 2.35. The molecular weight excluding hydrogens is 452 g/mol. The molecule has 0 saturated carbocycles. The van der Waals surface area contributed by atoms with Crippen molar-refractivity contribution in [2.45, 2.75) is 59.4 Å². The van der Waals surface area contributed by atoms with Crippen molar-refractivity contribution >= 4 is 32.6 Å². The number of benzene rings is 1. The number of fused-ring (bicyclic) bond motifs is 2. The van der Waals surface area contributed by atoms with Crippen LogP contribution in [0.4, 0.5) is 0 Å². The zero-order valence-corrected chi connectivity index (χ0v) is 21.3. The molecule has 184 valence electrons. The number of amides is 1. The molecular formula is C26H34N2O5S. The topological polar surface area (TPSA) is 93.6 Å². The molecule has 0 N–H and O–H groups in total. The van der Waals surface area contributed by atoms with E-state index in [1.165, 1.54) is 4.90 Å². The molecule has 0 bridgehead atoms. The second kappa shape index (κ2) is 9.29. The highest BCUT2D eigenvalue weighted by molar-refractivity contribution is 7.91. The predicted molar refractivity (Wildman–Crippen MR) is 131 cm³/mol. The maximum Gasteiger partial charge on any atom is 0.339 e. The van der Waals surface area contributed by atoms with E-state index in [0.29, 0.717) is 24.4 Å². The summed E-state index contributed by atoms with van der Waals surface area (Å²) in [5.41, 5.74) is 3.22. The number of sulfone groups is 1. The first-order valence-corrected chi connectivity index (χ1v) is 13.9. The van der Waals surface area contributed by atoms with Gasteiger partial charge in [0.25, 0.3) is 5.91 Å². The second-order valence-corrected chi connectivity index (χ2v) is 12.8. The van der Waals surface area contributed by atoms with Crippen molar-refractivity contribution in [1.82, 2.24) is 9.88 Å². The van der Waals surface area contributed by atoms with E-state index >= 15 is 0 Å². The quantitative estimate of drug-likeness (QED) is 0.600. The Balaban J connectivity index is 1.59. The summed E-state index contributed by atoms with van der Waals surface area (Å²) in [6, 6.07) is 7.19. The average molecular weight is 487 g/mol. The summed E-state index contributed by atoms with van der Waals surface area (Å²) < 4.78 is 29.3. The van der Waals surface area contributed by atoms with Gasteiger partial charge in [0.2, 0.25) is 0 Å². The minimum Gasteiger partial charge on any atom is -0.452 e. The fraction of sp³-hybridized carbons (Fsp3) is 0.577. The zero-order valence-electron chi connectivity index (χ0n) is 20.5. The minimum atomic E-state index is -3.12. The number of esters is 1. The number of carbonyl (C=O) groups is 2. The molecule has 0 radical (unpaired) electrons. The van der Waals surface area contributed by atoms with Crippen LogP contribution in [0.15, 0.2) is 24.3 Å². The number of aryl methyl sites for hydroxylation is 1. The number of hydrogen-bond acceptors (Lipinski definition) is 6. The molecule has 1 fully saturated rings. The molecule has 1 amide bonds. The Hall–Kier alpha value is -2.48. The Bertz CT molecular complexity index is 1220. The van der Waals surface area contributed by atoms with Crippen molar-refractivity contribution in [1.29, 1.82) is 0 Å². The van der Waals surface area contributed by atoms with Crippen molar-refractivity contribution in [2.75, 3.05) is 24.7 Å². The van der Waals surface area contributed by atoms with Gasteiger partial charge in [0.1, 0.15) is 0 Å². The third kappa shape index (κ3) is 4.97. The molecule has 1 aromatic carbocycles. The normalized spacial score (nSPS) is 21.8. The van der Waals surface area contributed by atoms with Crippen LogP contribution in [-0.2, 0) is 32.2 Å². The van der Waals surface area contributed by atoms with Gasteiger partial charge in [-0.2, -0.15) is 0 Å². The van der Waals surface area contributed by atoms with Crippen LogP contribution >= 0.6 is 0 Å². The molecule has 4 rings (SSSR count). The highest BCUT2D eigenvalue weighted by Crippen LogP contribution is 2.39. The lowest BCUT2D eigenvalue weighted by atomic mass is 9.70. The van der Waals surface area contributed by atoms with E-state index in [0.717, 1.165) is 41.4 Å². The van der Waals surface area contributed by atoms with Crippen molar-refractivity contribution in [3.05, 3.63) is 41.1 Å². The SMILES string of the molecule is CCN(C(=O)COC(=O)c1c2c(nc3ccccc13)CCC(C(C)(C)C)C2)C1CCS(=O)(=O)C1. The van der Waals surface area contributed by atoms with Gasteiger partial charge in [-0.05, 0) is 55.6 Å². The number of carbonyl (C=O) groups excluding carboxylic acids is 2. The first kappa shape index (κ1) is 24.6. The van der Waals surface area contributed by atoms with Gasteiger partial charge >= 0.3 is 5.97 Å². The maximum absolute atomic E-state index is 13.4. The van der Waals surface area contributed by atoms with E-state index < -0.39 is 22.4 Å². The van der Waals surface area contributed by atoms with Gasteiger partial charge in [0.15, 0.2) is 16.4 Å². The standard InChI is InChI=1S/C26H34N2O5S/c1-5-28(18-12-13-34(31,32)16-18)23(29)15-33-25(30)24-19-8-6-7-9-21(19)27-22-11-10-17(14-20(22)24)26(2,3)4/h6-9,17-18H,5,10-16H2,1-4H3. The van der Waals surface area contributed by atoms with Crippen LogP contribution in [0, 0.1) is 11.3 Å². The van der Waals surface area contributed by atoms with Crippen LogP contribution in [0.3, 0.4) is 0 Å². The fourth-order valence-electron chi connectivity index (χ4n) is 5.30. The Morgan fingerprint density at radius 3 is 2.56 bits per heavy atom. The molecule has 2 unspecified atom stereocenters. The summed E-state index contributed by atoms with van der Waals surface area (Å²) in [7, 11) is -3.12. The average Bonchev–Trinajstić information content (AvgIpc) is 3.14. The smallest absolute Gasteiger partial charge is 0.339 e. The molecule has 2 atom stereocenters. The molecule has 0 spiro atoms. The van der Waals surface area contributed by atoms with E-state index in [1.807, 2.05) is 31.2 Å². The Labute approximate surface area is 201 Å². The summed E-state index contributed by atoms with van der Waals surface area (Å²) in [6.45, 7) is 8.43. The van der Waals surface area contributed by atoms with Crippen molar-refractivity contribution in [3.63, 3.8) is 0 Å². The van der Waals surface area contributed by atoms with Gasteiger partial charge < -0.3 is 9.64 Å². The lowest BCUT2D eigenvalue weighted by Crippen LogP contribution is -2.43. The van der Waals surface area contributed by atoms with Crippen LogP contribution < -0.4 is 0 Å². The molecule has 8 heteroatoms. The third-order valence-electron chi connectivity index (χ3n) is 7.32. The summed E-state index contributed by atoms with van der Waals surface area (Å²) in [4.78, 5) is 32.7. The van der Waals surface area contributed by atoms with Gasteiger partial charge in [0, 0.05) is 23.7 Å². The van der Waals surface area contributed by atoms with E-state index in [1.54, 1.807) is 0 Å². The summed E-state index contributed by atoms with van der Waals surface area (Å²) >= 11 is 0. The predicted octanol–water partition coefficient (Wildman–Crippen LogP) is 3.58. The van der Waals surface area contributed by atoms with E-state index in [4.69, 9.17) is 9.72 Å². The van der Waals surface area contributed by atoms with Crippen LogP contribution in [0.1, 0.15) is 62.2 Å². The largest absolute Gasteiger partial charge is 0.452 e. The number of pyridine rings is 1. The molecule has 2 heterocycles. The molecule has 7 nitrogen and oxygen atoms in total. The number of ether oxygens (including phenoxy) is 1. The number of para-hydroxylation sites is 1. The molecule has 1 aliphatic carbocycles. The van der Waals surface area contributed by atoms with Crippen LogP contribution in [0.25, 0.3) is 10.9 Å². The number of nitrogens with zero attached hydrogens (tertiary/aromatic N) is 2. The molecule has 2 aromatic rings. The van der Waals surface area contributed by atoms with Gasteiger partial charge in [-0.3, -0.25) is 9.78 Å². The first-order valence-electron chi connectivity index (χ1n) is 12.1.